The third-order valence-corrected chi connectivity index (χ3v) is 8.64. The van der Waals surface area contributed by atoms with E-state index in [0.29, 0.717) is 12.5 Å². The van der Waals surface area contributed by atoms with Crippen LogP contribution in [0, 0.1) is 24.7 Å². The van der Waals surface area contributed by atoms with Gasteiger partial charge in [0.1, 0.15) is 0 Å². The molecular formula is C31H40N2O2. The molecule has 3 fully saturated rings. The molecule has 0 N–H and O–H groups in total. The quantitative estimate of drug-likeness (QED) is 0.540. The number of aryl methyl sites for hydroxylation is 1. The van der Waals surface area contributed by atoms with Crippen LogP contribution in [0.3, 0.4) is 0 Å². The van der Waals surface area contributed by atoms with E-state index in [1.807, 2.05) is 0 Å². The van der Waals surface area contributed by atoms with E-state index in [2.05, 4.69) is 71.3 Å². The van der Waals surface area contributed by atoms with Crippen LogP contribution in [-0.4, -0.2) is 41.2 Å². The van der Waals surface area contributed by atoms with Gasteiger partial charge in [0.2, 0.25) is 11.8 Å². The van der Waals surface area contributed by atoms with Gasteiger partial charge in [0.15, 0.2) is 0 Å². The highest BCUT2D eigenvalue weighted by Gasteiger charge is 2.40. The molecule has 0 aromatic heterocycles. The van der Waals surface area contributed by atoms with Gasteiger partial charge in [-0.3, -0.25) is 9.59 Å². The van der Waals surface area contributed by atoms with Gasteiger partial charge in [-0.25, -0.2) is 0 Å². The molecule has 2 amide bonds. The van der Waals surface area contributed by atoms with Crippen LogP contribution in [0.2, 0.25) is 0 Å². The van der Waals surface area contributed by atoms with Crippen LogP contribution >= 0.6 is 0 Å². The molecule has 35 heavy (non-hydrogen) atoms. The zero-order chi connectivity index (χ0) is 24.2. The molecule has 4 heteroatoms. The predicted molar refractivity (Wildman–Crippen MR) is 140 cm³/mol. The number of piperidine rings is 2. The predicted octanol–water partition coefficient (Wildman–Crippen LogP) is 5.95. The Kier molecular flexibility index (Phi) is 7.55. The Balaban J connectivity index is 1.24. The maximum absolute atomic E-state index is 13.6. The second kappa shape index (κ2) is 11.0. The lowest BCUT2D eigenvalue weighted by molar-refractivity contribution is -0.146. The van der Waals surface area contributed by atoms with Crippen molar-refractivity contribution in [3.8, 4) is 0 Å². The largest absolute Gasteiger partial charge is 0.342 e. The Bertz CT molecular complexity index is 1010. The van der Waals surface area contributed by atoms with Crippen molar-refractivity contribution in [2.45, 2.75) is 70.8 Å². The van der Waals surface area contributed by atoms with Crippen molar-refractivity contribution in [2.24, 2.45) is 17.8 Å². The maximum atomic E-state index is 13.6. The molecule has 186 valence electrons. The van der Waals surface area contributed by atoms with Gasteiger partial charge in [0.05, 0.1) is 12.0 Å². The minimum Gasteiger partial charge on any atom is -0.342 e. The first-order valence-electron chi connectivity index (χ1n) is 13.8. The van der Waals surface area contributed by atoms with Crippen molar-refractivity contribution in [1.82, 2.24) is 9.80 Å². The molecule has 1 aliphatic carbocycles. The van der Waals surface area contributed by atoms with Crippen molar-refractivity contribution in [2.75, 3.05) is 19.6 Å². The van der Waals surface area contributed by atoms with E-state index < -0.39 is 0 Å². The average Bonchev–Trinajstić information content (AvgIpc) is 3.44. The molecule has 3 aliphatic rings. The summed E-state index contributed by atoms with van der Waals surface area (Å²) in [5.74, 6) is 1.29. The molecule has 4 nitrogen and oxygen atoms in total. The summed E-state index contributed by atoms with van der Waals surface area (Å²) in [7, 11) is 0. The van der Waals surface area contributed by atoms with Gasteiger partial charge in [-0.15, -0.1) is 0 Å². The molecule has 2 saturated heterocycles. The first-order valence-corrected chi connectivity index (χ1v) is 13.8. The summed E-state index contributed by atoms with van der Waals surface area (Å²) in [6.07, 6.45) is 9.31. The first-order chi connectivity index (χ1) is 17.1. The van der Waals surface area contributed by atoms with E-state index in [-0.39, 0.29) is 29.7 Å². The number of benzene rings is 2. The van der Waals surface area contributed by atoms with Crippen LogP contribution in [-0.2, 0) is 16.0 Å². The monoisotopic (exact) mass is 472 g/mol. The smallest absolute Gasteiger partial charge is 0.227 e. The molecule has 5 rings (SSSR count). The molecule has 0 spiro atoms. The summed E-state index contributed by atoms with van der Waals surface area (Å²) in [6.45, 7) is 4.40. The van der Waals surface area contributed by atoms with E-state index >= 15 is 0 Å². The third-order valence-electron chi connectivity index (χ3n) is 8.64. The Morgan fingerprint density at radius 2 is 1.54 bits per heavy atom. The topological polar surface area (TPSA) is 40.6 Å². The van der Waals surface area contributed by atoms with Gasteiger partial charge in [-0.1, -0.05) is 73.0 Å². The Hall–Kier alpha value is -2.62. The molecule has 2 aromatic rings. The second-order valence-electron chi connectivity index (χ2n) is 11.1. The zero-order valence-electron chi connectivity index (χ0n) is 21.2. The number of likely N-dealkylation sites (tertiary alicyclic amines) is 2. The van der Waals surface area contributed by atoms with E-state index in [0.717, 1.165) is 70.9 Å². The summed E-state index contributed by atoms with van der Waals surface area (Å²) in [4.78, 5) is 31.4. The van der Waals surface area contributed by atoms with Crippen LogP contribution in [0.4, 0.5) is 0 Å². The fourth-order valence-electron chi connectivity index (χ4n) is 6.61. The van der Waals surface area contributed by atoms with E-state index in [1.165, 1.54) is 16.7 Å². The minimum absolute atomic E-state index is 0.0629. The lowest BCUT2D eigenvalue weighted by Gasteiger charge is -2.43. The SMILES string of the molecule is Cc1cccc([C@@H]2CC[C@H](C(=O)N3CCC(Cc4ccccc4)CC3)CN2C(=O)C2CCCC2)c1. The molecular weight excluding hydrogens is 432 g/mol. The Morgan fingerprint density at radius 3 is 2.26 bits per heavy atom. The van der Waals surface area contributed by atoms with Crippen molar-refractivity contribution in [1.29, 1.82) is 0 Å². The summed E-state index contributed by atoms with van der Waals surface area (Å²) in [5.41, 5.74) is 3.85. The van der Waals surface area contributed by atoms with Crippen LogP contribution in [0.25, 0.3) is 0 Å². The highest BCUT2D eigenvalue weighted by Crippen LogP contribution is 2.38. The van der Waals surface area contributed by atoms with Crippen LogP contribution < -0.4 is 0 Å². The first kappa shape index (κ1) is 24.1. The van der Waals surface area contributed by atoms with Gasteiger partial charge < -0.3 is 9.80 Å². The number of amides is 2. The fraction of sp³-hybridized carbons (Fsp3) is 0.548. The van der Waals surface area contributed by atoms with Crippen LogP contribution in [0.1, 0.15) is 74.1 Å². The Morgan fingerprint density at radius 1 is 0.800 bits per heavy atom. The lowest BCUT2D eigenvalue weighted by atomic mass is 9.85. The highest BCUT2D eigenvalue weighted by atomic mass is 16.2. The second-order valence-corrected chi connectivity index (χ2v) is 11.1. The molecule has 2 atom stereocenters. The van der Waals surface area contributed by atoms with Crippen LogP contribution in [0.15, 0.2) is 54.6 Å². The summed E-state index contributed by atoms with van der Waals surface area (Å²) in [6, 6.07) is 19.4. The zero-order valence-corrected chi connectivity index (χ0v) is 21.2. The molecule has 2 heterocycles. The summed E-state index contributed by atoms with van der Waals surface area (Å²) < 4.78 is 0. The van der Waals surface area contributed by atoms with Gasteiger partial charge in [-0.2, -0.15) is 0 Å². The third kappa shape index (κ3) is 5.63. The van der Waals surface area contributed by atoms with E-state index in [1.54, 1.807) is 0 Å². The van der Waals surface area contributed by atoms with Crippen LogP contribution in [0.5, 0.6) is 0 Å². The molecule has 1 saturated carbocycles. The van der Waals surface area contributed by atoms with Gasteiger partial charge in [0, 0.05) is 25.6 Å². The minimum atomic E-state index is -0.0629. The molecule has 0 radical (unpaired) electrons. The Labute approximate surface area is 210 Å². The number of hydrogen-bond acceptors (Lipinski definition) is 2. The number of hydrogen-bond donors (Lipinski definition) is 0. The lowest BCUT2D eigenvalue weighted by Crippen LogP contribution is -2.50. The van der Waals surface area contributed by atoms with Gasteiger partial charge in [0.25, 0.3) is 0 Å². The van der Waals surface area contributed by atoms with Gasteiger partial charge in [-0.05, 0) is 68.9 Å². The van der Waals surface area contributed by atoms with E-state index in [4.69, 9.17) is 0 Å². The van der Waals surface area contributed by atoms with E-state index in [9.17, 15) is 9.59 Å². The molecule has 0 unspecified atom stereocenters. The maximum Gasteiger partial charge on any atom is 0.227 e. The van der Waals surface area contributed by atoms with Crippen molar-refractivity contribution < 1.29 is 9.59 Å². The molecule has 2 aliphatic heterocycles. The number of carbonyl (C=O) groups excluding carboxylic acids is 2. The fourth-order valence-corrected chi connectivity index (χ4v) is 6.61. The van der Waals surface area contributed by atoms with Crippen molar-refractivity contribution in [3.63, 3.8) is 0 Å². The molecule has 0 bridgehead atoms. The van der Waals surface area contributed by atoms with Crippen molar-refractivity contribution in [3.05, 3.63) is 71.3 Å². The molecule has 2 aromatic carbocycles. The van der Waals surface area contributed by atoms with Crippen molar-refractivity contribution >= 4 is 11.8 Å². The highest BCUT2D eigenvalue weighted by molar-refractivity contribution is 5.83. The normalized spacial score (nSPS) is 24.0. The standard InChI is InChI=1S/C31H40N2O2/c1-23-8-7-13-27(20-23)29-15-14-28(22-33(29)31(35)26-11-5-6-12-26)30(34)32-18-16-25(17-19-32)21-24-9-3-2-4-10-24/h2-4,7-10,13,20,25-26,28-29H,5-6,11-12,14-19,21-22H2,1H3/t28-,29-/m0/s1. The summed E-state index contributed by atoms with van der Waals surface area (Å²) >= 11 is 0. The number of rotatable bonds is 5. The summed E-state index contributed by atoms with van der Waals surface area (Å²) in [5, 5.41) is 0. The number of carbonyl (C=O) groups is 2. The van der Waals surface area contributed by atoms with Gasteiger partial charge >= 0.3 is 0 Å². The average molecular weight is 473 g/mol. The number of nitrogens with zero attached hydrogens (tertiary/aromatic N) is 2.